The Kier molecular flexibility index (Phi) is 5.96. The van der Waals surface area contributed by atoms with Crippen LogP contribution in [0.2, 0.25) is 5.02 Å². The van der Waals surface area contributed by atoms with Crippen LogP contribution in [0.3, 0.4) is 0 Å². The maximum absolute atomic E-state index is 12.1. The van der Waals surface area contributed by atoms with Crippen molar-refractivity contribution in [1.29, 1.82) is 0 Å². The summed E-state index contributed by atoms with van der Waals surface area (Å²) in [6, 6.07) is 12.6. The van der Waals surface area contributed by atoms with E-state index >= 15 is 0 Å². The third-order valence-electron chi connectivity index (χ3n) is 3.69. The van der Waals surface area contributed by atoms with Gasteiger partial charge in [0.2, 0.25) is 5.76 Å². The summed E-state index contributed by atoms with van der Waals surface area (Å²) in [5.74, 6) is -1.76. The zero-order valence-corrected chi connectivity index (χ0v) is 15.6. The van der Waals surface area contributed by atoms with Crippen molar-refractivity contribution >= 4 is 46.1 Å². The van der Waals surface area contributed by atoms with Gasteiger partial charge in [-0.25, -0.2) is 9.59 Å². The number of anilines is 1. The number of halogens is 1. The van der Waals surface area contributed by atoms with Crippen LogP contribution >= 0.6 is 11.6 Å². The number of hydrogen-bond donors (Lipinski definition) is 1. The first-order valence-electron chi connectivity index (χ1n) is 8.39. The average Bonchev–Trinajstić information content (AvgIpc) is 3.10. The van der Waals surface area contributed by atoms with Crippen LogP contribution in [0.15, 0.2) is 52.9 Å². The van der Waals surface area contributed by atoms with Crippen LogP contribution in [0.5, 0.6) is 0 Å². The Morgan fingerprint density at radius 2 is 1.75 bits per heavy atom. The van der Waals surface area contributed by atoms with Crippen molar-refractivity contribution in [3.63, 3.8) is 0 Å². The molecule has 1 heterocycles. The zero-order chi connectivity index (χ0) is 20.1. The minimum atomic E-state index is -0.764. The van der Waals surface area contributed by atoms with Gasteiger partial charge in [-0.15, -0.1) is 0 Å². The van der Waals surface area contributed by atoms with E-state index < -0.39 is 24.5 Å². The molecule has 0 saturated carbocycles. The molecule has 1 aromatic heterocycles. The molecule has 3 rings (SSSR count). The fourth-order valence-corrected chi connectivity index (χ4v) is 2.60. The van der Waals surface area contributed by atoms with Gasteiger partial charge in [0.1, 0.15) is 5.58 Å². The molecule has 1 N–H and O–H groups in total. The smallest absolute Gasteiger partial charge is 0.374 e. The summed E-state index contributed by atoms with van der Waals surface area (Å²) >= 11 is 5.89. The number of rotatable bonds is 6. The molecule has 0 aliphatic heterocycles. The summed E-state index contributed by atoms with van der Waals surface area (Å²) in [5, 5.41) is 3.74. The number of benzene rings is 2. The zero-order valence-electron chi connectivity index (χ0n) is 14.9. The van der Waals surface area contributed by atoms with Gasteiger partial charge in [-0.1, -0.05) is 11.6 Å². The molecule has 0 radical (unpaired) electrons. The average molecular weight is 402 g/mol. The van der Waals surface area contributed by atoms with E-state index in [0.29, 0.717) is 27.2 Å². The minimum absolute atomic E-state index is 0.0242. The number of amides is 1. The minimum Gasteiger partial charge on any atom is -0.462 e. The monoisotopic (exact) mass is 401 g/mol. The summed E-state index contributed by atoms with van der Waals surface area (Å²) < 4.78 is 15.2. The fourth-order valence-electron chi connectivity index (χ4n) is 2.42. The second-order valence-corrected chi connectivity index (χ2v) is 6.15. The van der Waals surface area contributed by atoms with Gasteiger partial charge in [-0.2, -0.15) is 0 Å². The molecule has 0 unspecified atom stereocenters. The van der Waals surface area contributed by atoms with Gasteiger partial charge < -0.3 is 19.2 Å². The highest BCUT2D eigenvalue weighted by atomic mass is 35.5. The maximum Gasteiger partial charge on any atom is 0.374 e. The van der Waals surface area contributed by atoms with E-state index in [-0.39, 0.29) is 12.4 Å². The van der Waals surface area contributed by atoms with Gasteiger partial charge >= 0.3 is 11.9 Å². The Labute approximate surface area is 165 Å². The van der Waals surface area contributed by atoms with Crippen LogP contribution in [-0.2, 0) is 14.3 Å². The van der Waals surface area contributed by atoms with Crippen molar-refractivity contribution in [1.82, 2.24) is 0 Å². The molecule has 0 aliphatic rings. The van der Waals surface area contributed by atoms with E-state index in [2.05, 4.69) is 5.32 Å². The molecule has 144 valence electrons. The number of carbonyl (C=O) groups excluding carboxylic acids is 3. The van der Waals surface area contributed by atoms with Gasteiger partial charge in [0.05, 0.1) is 12.2 Å². The summed E-state index contributed by atoms with van der Waals surface area (Å²) in [6.07, 6.45) is 0. The van der Waals surface area contributed by atoms with Crippen molar-refractivity contribution in [3.05, 3.63) is 64.9 Å². The topological polar surface area (TPSA) is 94.8 Å². The van der Waals surface area contributed by atoms with Crippen molar-refractivity contribution < 1.29 is 28.3 Å². The Bertz CT molecular complexity index is 1020. The fraction of sp³-hybridized carbons (Fsp3) is 0.150. The lowest BCUT2D eigenvalue weighted by Gasteiger charge is -2.07. The first kappa shape index (κ1) is 19.4. The van der Waals surface area contributed by atoms with Crippen molar-refractivity contribution in [2.45, 2.75) is 6.92 Å². The van der Waals surface area contributed by atoms with E-state index in [4.69, 9.17) is 25.5 Å². The number of carbonyl (C=O) groups is 3. The van der Waals surface area contributed by atoms with Crippen molar-refractivity contribution in [2.75, 3.05) is 18.5 Å². The highest BCUT2D eigenvalue weighted by molar-refractivity contribution is 6.31. The first-order valence-corrected chi connectivity index (χ1v) is 8.77. The van der Waals surface area contributed by atoms with Gasteiger partial charge in [-0.3, -0.25) is 4.79 Å². The molecule has 1 amide bonds. The number of hydrogen-bond acceptors (Lipinski definition) is 6. The number of nitrogens with one attached hydrogen (secondary N) is 1. The number of ether oxygens (including phenoxy) is 2. The van der Waals surface area contributed by atoms with E-state index in [1.807, 2.05) is 0 Å². The molecule has 0 aliphatic carbocycles. The van der Waals surface area contributed by atoms with E-state index in [1.54, 1.807) is 37.3 Å². The lowest BCUT2D eigenvalue weighted by atomic mass is 10.2. The molecule has 0 bridgehead atoms. The Balaban J connectivity index is 1.54. The molecule has 0 saturated heterocycles. The van der Waals surface area contributed by atoms with Crippen molar-refractivity contribution in [2.24, 2.45) is 0 Å². The van der Waals surface area contributed by atoms with Crippen LogP contribution in [0.1, 0.15) is 27.8 Å². The third kappa shape index (κ3) is 4.69. The Hall–Kier alpha value is -3.32. The molecule has 0 spiro atoms. The molecule has 8 heteroatoms. The number of fused-ring (bicyclic) bond motifs is 1. The van der Waals surface area contributed by atoms with Crippen LogP contribution in [0, 0.1) is 0 Å². The molecule has 7 nitrogen and oxygen atoms in total. The molecule has 0 atom stereocenters. The summed E-state index contributed by atoms with van der Waals surface area (Å²) in [4.78, 5) is 35.6. The second kappa shape index (κ2) is 8.58. The second-order valence-electron chi connectivity index (χ2n) is 5.71. The summed E-state index contributed by atoms with van der Waals surface area (Å²) in [5.41, 5.74) is 1.31. The standard InChI is InChI=1S/C20H16ClNO6/c1-2-26-19(24)12-3-6-15(7-4-12)22-18(23)11-27-20(25)17-10-13-9-14(21)5-8-16(13)28-17/h3-10H,2,11H2,1H3,(H,22,23). The number of esters is 2. The SMILES string of the molecule is CCOC(=O)c1ccc(NC(=O)COC(=O)c2cc3cc(Cl)ccc3o2)cc1. The first-order chi connectivity index (χ1) is 13.5. The maximum atomic E-state index is 12.1. The Morgan fingerprint density at radius 1 is 1.00 bits per heavy atom. The van der Waals surface area contributed by atoms with E-state index in [9.17, 15) is 14.4 Å². The number of furan rings is 1. The highest BCUT2D eigenvalue weighted by Gasteiger charge is 2.16. The van der Waals surface area contributed by atoms with Crippen LogP contribution in [-0.4, -0.2) is 31.1 Å². The predicted molar refractivity (Wildman–Crippen MR) is 103 cm³/mol. The lowest BCUT2D eigenvalue weighted by Crippen LogP contribution is -2.20. The molecular formula is C20H16ClNO6. The van der Waals surface area contributed by atoms with Crippen LogP contribution < -0.4 is 5.32 Å². The van der Waals surface area contributed by atoms with Gasteiger partial charge in [0.15, 0.2) is 6.61 Å². The summed E-state index contributed by atoms with van der Waals surface area (Å²) in [7, 11) is 0. The lowest BCUT2D eigenvalue weighted by molar-refractivity contribution is -0.119. The molecular weight excluding hydrogens is 386 g/mol. The van der Waals surface area contributed by atoms with E-state index in [1.165, 1.54) is 18.2 Å². The predicted octanol–water partition coefficient (Wildman–Crippen LogP) is 4.06. The normalized spacial score (nSPS) is 10.5. The van der Waals surface area contributed by atoms with Gasteiger partial charge in [0.25, 0.3) is 5.91 Å². The van der Waals surface area contributed by atoms with Gasteiger partial charge in [-0.05, 0) is 55.5 Å². The highest BCUT2D eigenvalue weighted by Crippen LogP contribution is 2.23. The third-order valence-corrected chi connectivity index (χ3v) is 3.93. The van der Waals surface area contributed by atoms with Crippen LogP contribution in [0.4, 0.5) is 5.69 Å². The molecule has 2 aromatic carbocycles. The Morgan fingerprint density at radius 3 is 2.46 bits per heavy atom. The van der Waals surface area contributed by atoms with Gasteiger partial charge in [0, 0.05) is 16.1 Å². The summed E-state index contributed by atoms with van der Waals surface area (Å²) in [6.45, 7) is 1.51. The van der Waals surface area contributed by atoms with Crippen LogP contribution in [0.25, 0.3) is 11.0 Å². The quantitative estimate of drug-likeness (QED) is 0.626. The largest absolute Gasteiger partial charge is 0.462 e. The van der Waals surface area contributed by atoms with Crippen molar-refractivity contribution in [3.8, 4) is 0 Å². The van der Waals surface area contributed by atoms with E-state index in [0.717, 1.165) is 0 Å². The molecule has 0 fully saturated rings. The molecule has 3 aromatic rings. The molecule has 28 heavy (non-hydrogen) atoms.